The quantitative estimate of drug-likeness (QED) is 0.119. The van der Waals surface area contributed by atoms with Gasteiger partial charge < -0.3 is 44.4 Å². The third kappa shape index (κ3) is 5.95. The monoisotopic (exact) mass is 711 g/mol. The first-order valence-corrected chi connectivity index (χ1v) is 16.4. The second-order valence-corrected chi connectivity index (χ2v) is 12.8. The van der Waals surface area contributed by atoms with E-state index in [1.54, 1.807) is 25.1 Å². The smallest absolute Gasteiger partial charge is 0.411 e. The van der Waals surface area contributed by atoms with E-state index in [2.05, 4.69) is 39.0 Å². The predicted molar refractivity (Wildman–Crippen MR) is 185 cm³/mol. The van der Waals surface area contributed by atoms with Crippen molar-refractivity contribution in [3.8, 4) is 29.4 Å². The number of nitrogens with zero attached hydrogens (tertiary/aromatic N) is 1. The molecule has 1 aliphatic heterocycles. The van der Waals surface area contributed by atoms with Gasteiger partial charge in [-0.15, -0.1) is 0 Å². The maximum Gasteiger partial charge on any atom is 0.411 e. The van der Waals surface area contributed by atoms with E-state index in [1.165, 1.54) is 51.4 Å². The molecule has 2 aromatic heterocycles. The molecule has 6 N–H and O–H groups in total. The molecule has 3 aliphatic rings. The standard InChI is InChI=1S/C38H37N3O11/c1-6-11-24-27-29(41-35(46)50-5)26(43)19-37(24,47)15-9-7-8-10-16-38(27,48)52-34-31(49-4)33(45)36(3,20(2)51-34)32(44)30-28-22(14-17-39-30)23-18-21(42)12-13-25(23)40-28/h7-8,11-14,17-18,20,31,33-34,40,42,45,47-48H,6,19H2,1-5H3,(H,41,46)/b8-7-,24-11+/t20?,31?,33?,34?,36?,37-,38-/m0/s1. The maximum atomic E-state index is 14.5. The van der Waals surface area contributed by atoms with Gasteiger partial charge in [0.2, 0.25) is 0 Å². The number of aromatic nitrogens is 2. The van der Waals surface area contributed by atoms with Gasteiger partial charge in [-0.1, -0.05) is 30.8 Å². The van der Waals surface area contributed by atoms with E-state index < -0.39 is 76.8 Å². The van der Waals surface area contributed by atoms with Crippen LogP contribution in [0.15, 0.2) is 65.5 Å². The Morgan fingerprint density at radius 1 is 1.15 bits per heavy atom. The molecule has 3 heterocycles. The molecule has 14 nitrogen and oxygen atoms in total. The summed E-state index contributed by atoms with van der Waals surface area (Å²) in [5.74, 6) is 6.28. The number of nitrogens with one attached hydrogen (secondary N) is 2. The molecule has 1 fully saturated rings. The van der Waals surface area contributed by atoms with Gasteiger partial charge in [-0.25, -0.2) is 4.79 Å². The molecule has 0 spiro atoms. The van der Waals surface area contributed by atoms with E-state index in [4.69, 9.17) is 18.9 Å². The summed E-state index contributed by atoms with van der Waals surface area (Å²) in [5.41, 5.74) is -3.78. The van der Waals surface area contributed by atoms with Gasteiger partial charge >= 0.3 is 6.09 Å². The van der Waals surface area contributed by atoms with Crippen LogP contribution >= 0.6 is 0 Å². The number of carbonyl (C=O) groups is 3. The highest BCUT2D eigenvalue weighted by molar-refractivity contribution is 6.16. The Hall–Kier alpha value is -5.32. The van der Waals surface area contributed by atoms with Crippen LogP contribution in [0.25, 0.3) is 21.8 Å². The zero-order valence-electron chi connectivity index (χ0n) is 28.9. The Morgan fingerprint density at radius 3 is 2.58 bits per heavy atom. The van der Waals surface area contributed by atoms with Crippen molar-refractivity contribution in [2.24, 2.45) is 5.41 Å². The van der Waals surface area contributed by atoms with Crippen molar-refractivity contribution in [1.82, 2.24) is 15.3 Å². The van der Waals surface area contributed by atoms with Crippen molar-refractivity contribution in [2.75, 3.05) is 14.2 Å². The van der Waals surface area contributed by atoms with Gasteiger partial charge in [0.25, 0.3) is 5.79 Å². The number of aliphatic hydroxyl groups excluding tert-OH is 1. The van der Waals surface area contributed by atoms with Crippen LogP contribution in [0.4, 0.5) is 4.79 Å². The fraction of sp³-hybridized carbons (Fsp3) is 0.368. The maximum absolute atomic E-state index is 14.5. The molecule has 0 radical (unpaired) electrons. The zero-order chi connectivity index (χ0) is 37.6. The molecule has 1 saturated heterocycles. The molecule has 270 valence electrons. The second-order valence-electron chi connectivity index (χ2n) is 12.8. The summed E-state index contributed by atoms with van der Waals surface area (Å²) in [6.45, 7) is 4.77. The number of fused-ring (bicyclic) bond motifs is 5. The van der Waals surface area contributed by atoms with Crippen molar-refractivity contribution in [3.05, 3.63) is 71.2 Å². The minimum absolute atomic E-state index is 0.00201. The summed E-state index contributed by atoms with van der Waals surface area (Å²) in [5, 5.41) is 49.8. The number of benzene rings is 1. The van der Waals surface area contributed by atoms with Crippen molar-refractivity contribution < 1.29 is 53.8 Å². The highest BCUT2D eigenvalue weighted by atomic mass is 16.8. The van der Waals surface area contributed by atoms with Crippen LogP contribution in [0.3, 0.4) is 0 Å². The van der Waals surface area contributed by atoms with Crippen LogP contribution in [0.1, 0.15) is 44.1 Å². The number of amides is 1. The molecule has 5 unspecified atom stereocenters. The number of rotatable bonds is 7. The molecule has 1 amide bonds. The third-order valence-corrected chi connectivity index (χ3v) is 9.73. The number of carbonyl (C=O) groups excluding carboxylic acids is 3. The van der Waals surface area contributed by atoms with Crippen LogP contribution in [0, 0.1) is 29.1 Å². The second kappa shape index (κ2) is 13.7. The fourth-order valence-electron chi connectivity index (χ4n) is 6.87. The van der Waals surface area contributed by atoms with E-state index in [0.717, 1.165) is 7.11 Å². The van der Waals surface area contributed by atoms with E-state index in [0.29, 0.717) is 21.8 Å². The lowest BCUT2D eigenvalue weighted by Gasteiger charge is -2.49. The first-order valence-electron chi connectivity index (χ1n) is 16.4. The number of phenolic OH excluding ortho intramolecular Hbond substituents is 1. The van der Waals surface area contributed by atoms with Crippen LogP contribution < -0.4 is 5.32 Å². The first kappa shape index (κ1) is 36.5. The lowest BCUT2D eigenvalue weighted by molar-refractivity contribution is -0.339. The number of aliphatic hydroxyl groups is 3. The molecule has 2 bridgehead atoms. The Bertz CT molecular complexity index is 2220. The summed E-state index contributed by atoms with van der Waals surface area (Å²) in [7, 11) is 2.33. The molecular formula is C38H37N3O11. The Balaban J connectivity index is 1.44. The van der Waals surface area contributed by atoms with Gasteiger partial charge in [0, 0.05) is 35.2 Å². The molecule has 52 heavy (non-hydrogen) atoms. The van der Waals surface area contributed by atoms with Crippen LogP contribution in [-0.2, 0) is 23.7 Å². The van der Waals surface area contributed by atoms with Crippen molar-refractivity contribution in [2.45, 2.75) is 69.6 Å². The largest absolute Gasteiger partial charge is 0.508 e. The molecule has 3 aromatic rings. The summed E-state index contributed by atoms with van der Waals surface area (Å²) < 4.78 is 22.8. The van der Waals surface area contributed by atoms with Crippen molar-refractivity contribution in [3.63, 3.8) is 0 Å². The van der Waals surface area contributed by atoms with Crippen LogP contribution in [-0.4, -0.2) is 98.3 Å². The average Bonchev–Trinajstić information content (AvgIpc) is 3.48. The van der Waals surface area contributed by atoms with E-state index in [1.807, 2.05) is 0 Å². The number of alkyl carbamates (subject to hydrolysis) is 1. The van der Waals surface area contributed by atoms with E-state index >= 15 is 0 Å². The summed E-state index contributed by atoms with van der Waals surface area (Å²) >= 11 is 0. The number of ketones is 2. The molecule has 6 rings (SSSR count). The number of pyridine rings is 1. The summed E-state index contributed by atoms with van der Waals surface area (Å²) in [6, 6.07) is 6.44. The lowest BCUT2D eigenvalue weighted by atomic mass is 9.70. The highest BCUT2D eigenvalue weighted by Gasteiger charge is 2.59. The average molecular weight is 712 g/mol. The number of aromatic hydroxyl groups is 1. The number of phenols is 1. The number of allylic oxidation sites excluding steroid dienone is 4. The predicted octanol–water partition coefficient (Wildman–Crippen LogP) is 2.66. The summed E-state index contributed by atoms with van der Waals surface area (Å²) in [6.07, 6.45) is -1.68. The molecule has 7 atom stereocenters. The topological polar surface area (TPSA) is 210 Å². The van der Waals surface area contributed by atoms with Crippen molar-refractivity contribution in [1.29, 1.82) is 0 Å². The lowest BCUT2D eigenvalue weighted by Crippen LogP contribution is -2.65. The zero-order valence-corrected chi connectivity index (χ0v) is 28.9. The Morgan fingerprint density at radius 2 is 1.88 bits per heavy atom. The van der Waals surface area contributed by atoms with Crippen molar-refractivity contribution >= 4 is 39.5 Å². The number of hydrogen-bond acceptors (Lipinski definition) is 12. The molecule has 14 heteroatoms. The van der Waals surface area contributed by atoms with Gasteiger partial charge in [-0.2, -0.15) is 0 Å². The number of H-pyrrole nitrogens is 1. The molecule has 1 aromatic carbocycles. The van der Waals surface area contributed by atoms with Gasteiger partial charge in [0.05, 0.1) is 41.8 Å². The first-order chi connectivity index (χ1) is 24.7. The molecule has 2 aliphatic carbocycles. The minimum atomic E-state index is -2.83. The van der Waals surface area contributed by atoms with E-state index in [-0.39, 0.29) is 23.4 Å². The van der Waals surface area contributed by atoms with Gasteiger partial charge in [0.15, 0.2) is 23.5 Å². The molecular weight excluding hydrogens is 674 g/mol. The normalized spacial score (nSPS) is 31.4. The minimum Gasteiger partial charge on any atom is -0.508 e. The van der Waals surface area contributed by atoms with Crippen LogP contribution in [0.5, 0.6) is 5.75 Å². The number of aromatic amines is 1. The number of hydrogen-bond donors (Lipinski definition) is 6. The number of Topliss-reactive ketones (excluding diaryl/α,β-unsaturated/α-hetero) is 2. The van der Waals surface area contributed by atoms with Crippen LogP contribution in [0.2, 0.25) is 0 Å². The highest BCUT2D eigenvalue weighted by Crippen LogP contribution is 2.46. The van der Waals surface area contributed by atoms with E-state index in [9.17, 15) is 34.8 Å². The molecule has 0 saturated carbocycles. The number of ether oxygens (including phenoxy) is 4. The number of methoxy groups -OCH3 is 2. The van der Waals surface area contributed by atoms with Gasteiger partial charge in [0.1, 0.15) is 23.7 Å². The third-order valence-electron chi connectivity index (χ3n) is 9.73. The van der Waals surface area contributed by atoms with Gasteiger partial charge in [-0.3, -0.25) is 19.9 Å². The van der Waals surface area contributed by atoms with Gasteiger partial charge in [-0.05, 0) is 62.6 Å². The Labute approximate surface area is 298 Å². The fourth-order valence-corrected chi connectivity index (χ4v) is 6.87. The summed E-state index contributed by atoms with van der Waals surface area (Å²) in [4.78, 5) is 48.1. The SMILES string of the molecule is CC/C=C1\C2=C(NC(=O)OC)C(=O)C[C@@]1(O)C#C/C=C\C#C[C@]2(O)OC1OC(C)C(C)(C(=O)c2nccc3c2[nH]c2ccc(O)cc23)C(O)C1OC. The Kier molecular flexibility index (Phi) is 9.59.